The third-order valence-electron chi connectivity index (χ3n) is 3.61. The number of aryl methyl sites for hydroxylation is 1. The largest absolute Gasteiger partial charge is 0.360 e. The molecule has 4 aromatic rings. The molecule has 0 spiro atoms. The van der Waals surface area contributed by atoms with Crippen molar-refractivity contribution in [2.45, 2.75) is 11.8 Å². The summed E-state index contributed by atoms with van der Waals surface area (Å²) in [6, 6.07) is 14.5. The van der Waals surface area contributed by atoms with E-state index in [-0.39, 0.29) is 10.7 Å². The molecule has 0 amide bonds. The van der Waals surface area contributed by atoms with Crippen LogP contribution in [0.25, 0.3) is 16.3 Å². The number of thiophene rings is 1. The van der Waals surface area contributed by atoms with Crippen LogP contribution in [0.15, 0.2) is 69.5 Å². The van der Waals surface area contributed by atoms with Gasteiger partial charge in [0.25, 0.3) is 10.0 Å². The molecular formula is C17H14N4O3S2. The van der Waals surface area contributed by atoms with E-state index in [1.807, 2.05) is 47.8 Å². The molecule has 0 bridgehead atoms. The molecule has 26 heavy (non-hydrogen) atoms. The topological polar surface area (TPSA) is 90.0 Å². The lowest BCUT2D eigenvalue weighted by molar-refractivity contribution is 0.400. The Labute approximate surface area is 153 Å². The Morgan fingerprint density at radius 1 is 1.15 bits per heavy atom. The summed E-state index contributed by atoms with van der Waals surface area (Å²) in [7, 11) is -3.89. The molecule has 132 valence electrons. The van der Waals surface area contributed by atoms with Crippen molar-refractivity contribution in [2.24, 2.45) is 0 Å². The number of anilines is 1. The van der Waals surface area contributed by atoms with Crippen molar-refractivity contribution in [1.82, 2.24) is 14.9 Å². The zero-order valence-corrected chi connectivity index (χ0v) is 15.3. The third kappa shape index (κ3) is 3.14. The van der Waals surface area contributed by atoms with Crippen LogP contribution in [0.5, 0.6) is 0 Å². The minimum absolute atomic E-state index is 0.0736. The molecule has 3 heterocycles. The van der Waals surface area contributed by atoms with Crippen LogP contribution in [0.1, 0.15) is 5.76 Å². The summed E-state index contributed by atoms with van der Waals surface area (Å²) in [5.74, 6) is 0.647. The van der Waals surface area contributed by atoms with Crippen molar-refractivity contribution in [2.75, 3.05) is 4.72 Å². The molecule has 0 saturated heterocycles. The van der Waals surface area contributed by atoms with Crippen molar-refractivity contribution < 1.29 is 12.9 Å². The van der Waals surface area contributed by atoms with Gasteiger partial charge in [-0.2, -0.15) is 5.10 Å². The number of benzene rings is 1. The van der Waals surface area contributed by atoms with E-state index < -0.39 is 10.0 Å². The maximum atomic E-state index is 12.9. The molecule has 0 aliphatic rings. The normalized spacial score (nSPS) is 11.6. The average molecular weight is 386 g/mol. The highest BCUT2D eigenvalue weighted by Crippen LogP contribution is 2.31. The predicted molar refractivity (Wildman–Crippen MR) is 98.9 cm³/mol. The van der Waals surface area contributed by atoms with E-state index in [1.165, 1.54) is 23.6 Å². The fraction of sp³-hybridized carbons (Fsp3) is 0.0588. The Hall–Kier alpha value is -2.91. The first kappa shape index (κ1) is 16.6. The highest BCUT2D eigenvalue weighted by atomic mass is 32.2. The number of nitrogens with one attached hydrogen (secondary N) is 1. The van der Waals surface area contributed by atoms with Crippen molar-refractivity contribution in [3.05, 3.63) is 65.9 Å². The van der Waals surface area contributed by atoms with Crippen molar-refractivity contribution in [1.29, 1.82) is 0 Å². The summed E-state index contributed by atoms with van der Waals surface area (Å²) in [5.41, 5.74) is 1.15. The molecule has 9 heteroatoms. The molecule has 0 fully saturated rings. The molecule has 3 aromatic heterocycles. The van der Waals surface area contributed by atoms with Crippen LogP contribution in [-0.2, 0) is 10.0 Å². The van der Waals surface area contributed by atoms with Crippen LogP contribution < -0.4 is 4.72 Å². The number of nitrogens with zero attached hydrogens (tertiary/aromatic N) is 3. The summed E-state index contributed by atoms with van der Waals surface area (Å²) in [4.78, 5) is 0.834. The van der Waals surface area contributed by atoms with Crippen LogP contribution in [0.2, 0.25) is 0 Å². The van der Waals surface area contributed by atoms with E-state index in [0.29, 0.717) is 11.5 Å². The first-order valence-corrected chi connectivity index (χ1v) is 10.0. The molecule has 1 aromatic carbocycles. The summed E-state index contributed by atoms with van der Waals surface area (Å²) in [6.45, 7) is 1.69. The van der Waals surface area contributed by atoms with Gasteiger partial charge in [-0.3, -0.25) is 4.72 Å². The molecule has 0 saturated carbocycles. The minimum Gasteiger partial charge on any atom is -0.360 e. The van der Waals surface area contributed by atoms with Crippen LogP contribution in [0.3, 0.4) is 0 Å². The fourth-order valence-electron chi connectivity index (χ4n) is 2.46. The van der Waals surface area contributed by atoms with Gasteiger partial charge < -0.3 is 4.52 Å². The van der Waals surface area contributed by atoms with Gasteiger partial charge in [0.1, 0.15) is 16.3 Å². The zero-order valence-electron chi connectivity index (χ0n) is 13.7. The standard InChI is InChI=1S/C17H14N4O3S2/c1-12-10-16(19-24-12)20-26(22,23)15-11-21(13-6-3-2-4-7-13)18-17(15)14-8-5-9-25-14/h2-11H,1H3,(H,19,20). The predicted octanol–water partition coefficient (Wildman–Crippen LogP) is 3.70. The number of para-hydroxylation sites is 1. The summed E-state index contributed by atoms with van der Waals surface area (Å²) < 4.78 is 34.8. The zero-order chi connectivity index (χ0) is 18.1. The molecule has 0 unspecified atom stereocenters. The average Bonchev–Trinajstić information content (AvgIpc) is 3.35. The highest BCUT2D eigenvalue weighted by Gasteiger charge is 2.25. The number of hydrogen-bond acceptors (Lipinski definition) is 6. The van der Waals surface area contributed by atoms with Crippen molar-refractivity contribution in [3.63, 3.8) is 0 Å². The quantitative estimate of drug-likeness (QED) is 0.565. The lowest BCUT2D eigenvalue weighted by Gasteiger charge is -2.03. The molecule has 1 N–H and O–H groups in total. The summed E-state index contributed by atoms with van der Waals surface area (Å²) >= 11 is 1.42. The molecule has 0 aliphatic carbocycles. The SMILES string of the molecule is Cc1cc(NS(=O)(=O)c2cn(-c3ccccc3)nc2-c2cccs2)no1. The van der Waals surface area contributed by atoms with E-state index in [0.717, 1.165) is 10.6 Å². The molecule has 0 aliphatic heterocycles. The van der Waals surface area contributed by atoms with E-state index in [1.54, 1.807) is 11.6 Å². The first-order chi connectivity index (χ1) is 12.5. The van der Waals surface area contributed by atoms with Crippen molar-refractivity contribution >= 4 is 27.2 Å². The van der Waals surface area contributed by atoms with Gasteiger partial charge in [0.2, 0.25) is 0 Å². The van der Waals surface area contributed by atoms with Crippen molar-refractivity contribution in [3.8, 4) is 16.3 Å². The Morgan fingerprint density at radius 3 is 2.62 bits per heavy atom. The molecule has 7 nitrogen and oxygen atoms in total. The van der Waals surface area contributed by atoms with E-state index >= 15 is 0 Å². The van der Waals surface area contributed by atoms with Crippen LogP contribution >= 0.6 is 11.3 Å². The smallest absolute Gasteiger partial charge is 0.266 e. The van der Waals surface area contributed by atoms with E-state index in [2.05, 4.69) is 15.0 Å². The Morgan fingerprint density at radius 2 is 1.96 bits per heavy atom. The van der Waals surface area contributed by atoms with Gasteiger partial charge in [0, 0.05) is 6.07 Å². The molecule has 0 atom stereocenters. The lowest BCUT2D eigenvalue weighted by atomic mass is 10.3. The Balaban J connectivity index is 1.82. The monoisotopic (exact) mass is 386 g/mol. The number of aromatic nitrogens is 3. The van der Waals surface area contributed by atoms with Crippen LogP contribution in [0, 0.1) is 6.92 Å². The second-order valence-corrected chi connectivity index (χ2v) is 8.13. The maximum absolute atomic E-state index is 12.9. The van der Waals surface area contributed by atoms with Gasteiger partial charge in [-0.05, 0) is 30.5 Å². The fourth-order valence-corrected chi connectivity index (χ4v) is 4.37. The van der Waals surface area contributed by atoms with Gasteiger partial charge in [-0.15, -0.1) is 11.3 Å². The molecular weight excluding hydrogens is 372 g/mol. The van der Waals surface area contributed by atoms with Gasteiger partial charge in [-0.1, -0.05) is 29.4 Å². The summed E-state index contributed by atoms with van der Waals surface area (Å²) in [5, 5.41) is 10.1. The second kappa shape index (κ2) is 6.43. The van der Waals surface area contributed by atoms with Gasteiger partial charge in [0.05, 0.1) is 16.8 Å². The third-order valence-corrected chi connectivity index (χ3v) is 5.84. The Kier molecular flexibility index (Phi) is 4.09. The number of rotatable bonds is 5. The molecule has 4 rings (SSSR count). The minimum atomic E-state index is -3.89. The number of sulfonamides is 1. The highest BCUT2D eigenvalue weighted by molar-refractivity contribution is 7.92. The van der Waals surface area contributed by atoms with Gasteiger partial charge in [0.15, 0.2) is 5.82 Å². The van der Waals surface area contributed by atoms with Gasteiger partial charge >= 0.3 is 0 Å². The number of hydrogen-bond donors (Lipinski definition) is 1. The van der Waals surface area contributed by atoms with Crippen LogP contribution in [0.4, 0.5) is 5.82 Å². The van der Waals surface area contributed by atoms with Crippen LogP contribution in [-0.4, -0.2) is 23.4 Å². The first-order valence-electron chi connectivity index (χ1n) is 7.68. The second-order valence-electron chi connectivity index (χ2n) is 5.53. The van der Waals surface area contributed by atoms with E-state index in [4.69, 9.17) is 4.52 Å². The molecule has 0 radical (unpaired) electrons. The lowest BCUT2D eigenvalue weighted by Crippen LogP contribution is -2.13. The summed E-state index contributed by atoms with van der Waals surface area (Å²) in [6.07, 6.45) is 1.50. The Bertz CT molecular complexity index is 1130. The van der Waals surface area contributed by atoms with E-state index in [9.17, 15) is 8.42 Å². The maximum Gasteiger partial charge on any atom is 0.266 e. The van der Waals surface area contributed by atoms with Gasteiger partial charge in [-0.25, -0.2) is 13.1 Å².